The van der Waals surface area contributed by atoms with E-state index in [1.807, 2.05) is 18.2 Å². The third kappa shape index (κ3) is 4.36. The Morgan fingerprint density at radius 3 is 2.96 bits per heavy atom. The van der Waals surface area contributed by atoms with E-state index >= 15 is 0 Å². The molecule has 0 amide bonds. The molecule has 7 heteroatoms. The number of benzene rings is 1. The molecule has 0 unspecified atom stereocenters. The van der Waals surface area contributed by atoms with Gasteiger partial charge in [0.2, 0.25) is 10.0 Å². The maximum absolute atomic E-state index is 12.4. The van der Waals surface area contributed by atoms with Crippen LogP contribution in [0.5, 0.6) is 5.75 Å². The van der Waals surface area contributed by atoms with Gasteiger partial charge in [-0.1, -0.05) is 18.2 Å². The number of thiophene rings is 1. The van der Waals surface area contributed by atoms with Crippen LogP contribution in [0.1, 0.15) is 18.4 Å². The zero-order chi connectivity index (χ0) is 17.0. The molecule has 0 spiro atoms. The van der Waals surface area contributed by atoms with Gasteiger partial charge in [0, 0.05) is 19.1 Å². The van der Waals surface area contributed by atoms with Crippen LogP contribution in [-0.4, -0.2) is 39.6 Å². The van der Waals surface area contributed by atoms with Crippen LogP contribution in [0.15, 0.2) is 46.0 Å². The van der Waals surface area contributed by atoms with E-state index < -0.39 is 10.0 Å². The number of sulfonamides is 1. The van der Waals surface area contributed by atoms with Gasteiger partial charge < -0.3 is 4.74 Å². The minimum atomic E-state index is -3.40. The first-order valence-electron chi connectivity index (χ1n) is 7.98. The lowest BCUT2D eigenvalue weighted by Crippen LogP contribution is -2.47. The van der Waals surface area contributed by atoms with Crippen molar-refractivity contribution in [2.45, 2.75) is 29.6 Å². The van der Waals surface area contributed by atoms with Crippen LogP contribution in [0.4, 0.5) is 0 Å². The summed E-state index contributed by atoms with van der Waals surface area (Å²) in [5.41, 5.74) is 1.18. The molecule has 0 bridgehead atoms. The number of hydrogen-bond acceptors (Lipinski definition) is 5. The Bertz CT molecular complexity index is 760. The van der Waals surface area contributed by atoms with Crippen LogP contribution in [0, 0.1) is 0 Å². The quantitative estimate of drug-likeness (QED) is 0.854. The van der Waals surface area contributed by atoms with Crippen LogP contribution in [-0.2, 0) is 16.6 Å². The highest BCUT2D eigenvalue weighted by Crippen LogP contribution is 2.20. The molecule has 1 aromatic heterocycles. The van der Waals surface area contributed by atoms with E-state index in [9.17, 15) is 8.42 Å². The van der Waals surface area contributed by atoms with Crippen molar-refractivity contribution < 1.29 is 13.2 Å². The van der Waals surface area contributed by atoms with Gasteiger partial charge in [0.05, 0.1) is 7.11 Å². The zero-order valence-corrected chi connectivity index (χ0v) is 15.3. The standard InChI is InChI=1S/C17H22N2O3S2/c1-22-16-7-2-5-14(11-16)12-19-9-3-6-15(13-19)18-24(20,21)17-8-4-10-23-17/h2,4-5,7-8,10-11,15,18H,3,6,9,12-13H2,1H3/t15-/m1/s1. The smallest absolute Gasteiger partial charge is 0.250 e. The van der Waals surface area contributed by atoms with E-state index in [1.165, 1.54) is 16.9 Å². The molecular formula is C17H22N2O3S2. The Hall–Kier alpha value is -1.41. The molecule has 1 aliphatic rings. The largest absolute Gasteiger partial charge is 0.497 e. The van der Waals surface area contributed by atoms with Crippen LogP contribution in [0.25, 0.3) is 0 Å². The van der Waals surface area contributed by atoms with Crippen LogP contribution >= 0.6 is 11.3 Å². The molecule has 5 nitrogen and oxygen atoms in total. The van der Waals surface area contributed by atoms with Crippen molar-refractivity contribution in [2.75, 3.05) is 20.2 Å². The van der Waals surface area contributed by atoms with Crippen molar-refractivity contribution in [3.8, 4) is 5.75 Å². The van der Waals surface area contributed by atoms with Crippen molar-refractivity contribution >= 4 is 21.4 Å². The molecule has 1 aromatic carbocycles. The number of ether oxygens (including phenoxy) is 1. The average molecular weight is 367 g/mol. The summed E-state index contributed by atoms with van der Waals surface area (Å²) < 4.78 is 33.2. The summed E-state index contributed by atoms with van der Waals surface area (Å²) in [6.07, 6.45) is 1.86. The number of likely N-dealkylation sites (tertiary alicyclic amines) is 1. The molecule has 2 heterocycles. The Kier molecular flexibility index (Phi) is 5.55. The van der Waals surface area contributed by atoms with E-state index in [-0.39, 0.29) is 6.04 Å². The number of nitrogens with one attached hydrogen (secondary N) is 1. The lowest BCUT2D eigenvalue weighted by Gasteiger charge is -2.32. The fourth-order valence-electron chi connectivity index (χ4n) is 3.02. The molecule has 130 valence electrons. The second-order valence-electron chi connectivity index (χ2n) is 5.98. The first-order chi connectivity index (χ1) is 11.6. The first kappa shape index (κ1) is 17.4. The summed E-state index contributed by atoms with van der Waals surface area (Å²) in [6.45, 7) is 2.50. The molecule has 24 heavy (non-hydrogen) atoms. The first-order valence-corrected chi connectivity index (χ1v) is 10.3. The summed E-state index contributed by atoms with van der Waals surface area (Å²) in [5, 5.41) is 1.78. The molecule has 0 radical (unpaired) electrons. The predicted octanol–water partition coefficient (Wildman–Crippen LogP) is 2.70. The molecule has 1 saturated heterocycles. The van der Waals surface area contributed by atoms with Gasteiger partial charge in [0.25, 0.3) is 0 Å². The van der Waals surface area contributed by atoms with Crippen molar-refractivity contribution in [3.05, 3.63) is 47.3 Å². The Morgan fingerprint density at radius 1 is 1.33 bits per heavy atom. The normalized spacial score (nSPS) is 19.3. The summed E-state index contributed by atoms with van der Waals surface area (Å²) in [6, 6.07) is 11.4. The SMILES string of the molecule is COc1cccc(CN2CCC[C@@H](NS(=O)(=O)c3cccs3)C2)c1. The molecule has 1 aliphatic heterocycles. The van der Waals surface area contributed by atoms with Gasteiger partial charge in [0.1, 0.15) is 9.96 Å². The molecule has 1 atom stereocenters. The lowest BCUT2D eigenvalue weighted by atomic mass is 10.1. The van der Waals surface area contributed by atoms with Crippen molar-refractivity contribution in [2.24, 2.45) is 0 Å². The summed E-state index contributed by atoms with van der Waals surface area (Å²) >= 11 is 1.25. The number of nitrogens with zero attached hydrogens (tertiary/aromatic N) is 1. The minimum absolute atomic E-state index is 0.0449. The van der Waals surface area contributed by atoms with Gasteiger partial charge in [0.15, 0.2) is 0 Å². The molecule has 1 N–H and O–H groups in total. The van der Waals surface area contributed by atoms with Gasteiger partial charge in [-0.2, -0.15) is 0 Å². The average Bonchev–Trinajstić information content (AvgIpc) is 3.10. The summed E-state index contributed by atoms with van der Waals surface area (Å²) in [4.78, 5) is 2.29. The van der Waals surface area contributed by atoms with E-state index in [1.54, 1.807) is 24.6 Å². The van der Waals surface area contributed by atoms with E-state index in [4.69, 9.17) is 4.74 Å². The second kappa shape index (κ2) is 7.65. The van der Waals surface area contributed by atoms with E-state index in [2.05, 4.69) is 15.7 Å². The van der Waals surface area contributed by atoms with Crippen molar-refractivity contribution in [3.63, 3.8) is 0 Å². The van der Waals surface area contributed by atoms with Crippen molar-refractivity contribution in [1.29, 1.82) is 0 Å². The van der Waals surface area contributed by atoms with Gasteiger partial charge >= 0.3 is 0 Å². The number of methoxy groups -OCH3 is 1. The van der Waals surface area contributed by atoms with Crippen LogP contribution in [0.3, 0.4) is 0 Å². The number of piperidine rings is 1. The molecule has 2 aromatic rings. The predicted molar refractivity (Wildman–Crippen MR) is 95.9 cm³/mol. The Labute approximate surface area is 147 Å². The maximum Gasteiger partial charge on any atom is 0.250 e. The zero-order valence-electron chi connectivity index (χ0n) is 13.6. The summed E-state index contributed by atoms with van der Waals surface area (Å²) in [5.74, 6) is 0.847. The van der Waals surface area contributed by atoms with Gasteiger partial charge in [-0.05, 0) is 48.5 Å². The third-order valence-electron chi connectivity index (χ3n) is 4.13. The highest BCUT2D eigenvalue weighted by molar-refractivity contribution is 7.91. The highest BCUT2D eigenvalue weighted by atomic mass is 32.2. The molecular weight excluding hydrogens is 344 g/mol. The molecule has 3 rings (SSSR count). The van der Waals surface area contributed by atoms with Gasteiger partial charge in [-0.3, -0.25) is 4.90 Å². The molecule has 1 fully saturated rings. The monoisotopic (exact) mass is 366 g/mol. The van der Waals surface area contributed by atoms with E-state index in [0.717, 1.165) is 38.2 Å². The van der Waals surface area contributed by atoms with Gasteiger partial charge in [-0.25, -0.2) is 13.1 Å². The summed E-state index contributed by atoms with van der Waals surface area (Å²) in [7, 11) is -1.74. The molecule has 0 saturated carbocycles. The Morgan fingerprint density at radius 2 is 2.21 bits per heavy atom. The molecule has 0 aliphatic carbocycles. The maximum atomic E-state index is 12.4. The van der Waals surface area contributed by atoms with Crippen LogP contribution < -0.4 is 9.46 Å². The van der Waals surface area contributed by atoms with Crippen molar-refractivity contribution in [1.82, 2.24) is 9.62 Å². The van der Waals surface area contributed by atoms with Gasteiger partial charge in [-0.15, -0.1) is 11.3 Å². The fraction of sp³-hybridized carbons (Fsp3) is 0.412. The van der Waals surface area contributed by atoms with Crippen LogP contribution in [0.2, 0.25) is 0 Å². The van der Waals surface area contributed by atoms with E-state index in [0.29, 0.717) is 4.21 Å². The fourth-order valence-corrected chi connectivity index (χ4v) is 5.29. The minimum Gasteiger partial charge on any atom is -0.497 e. The number of rotatable bonds is 6. The number of hydrogen-bond donors (Lipinski definition) is 1. The third-order valence-corrected chi connectivity index (χ3v) is 7.05. The lowest BCUT2D eigenvalue weighted by molar-refractivity contribution is 0.194. The Balaban J connectivity index is 1.62. The highest BCUT2D eigenvalue weighted by Gasteiger charge is 2.25. The topological polar surface area (TPSA) is 58.6 Å². The second-order valence-corrected chi connectivity index (χ2v) is 8.87.